The van der Waals surface area contributed by atoms with E-state index in [-0.39, 0.29) is 5.60 Å². The molecular formula is C20H34O4. The van der Waals surface area contributed by atoms with Gasteiger partial charge in [0, 0.05) is 12.5 Å². The number of allylic oxidation sites excluding steroid dienone is 2. The highest BCUT2D eigenvalue weighted by atomic mass is 17.2. The van der Waals surface area contributed by atoms with Gasteiger partial charge in [-0.3, -0.25) is 0 Å². The van der Waals surface area contributed by atoms with Crippen molar-refractivity contribution < 1.29 is 19.7 Å². The van der Waals surface area contributed by atoms with Crippen LogP contribution in [0.1, 0.15) is 79.1 Å². The van der Waals surface area contributed by atoms with Crippen LogP contribution in [0.5, 0.6) is 0 Å². The first-order valence-electron chi connectivity index (χ1n) is 9.40. The van der Waals surface area contributed by atoms with Crippen LogP contribution in [-0.2, 0) is 14.6 Å². The first-order chi connectivity index (χ1) is 11.4. The van der Waals surface area contributed by atoms with Gasteiger partial charge in [-0.2, -0.15) is 0 Å². The highest BCUT2D eigenvalue weighted by Gasteiger charge is 2.48. The summed E-state index contributed by atoms with van der Waals surface area (Å²) >= 11 is 0. The van der Waals surface area contributed by atoms with Crippen LogP contribution >= 0.6 is 0 Å². The van der Waals surface area contributed by atoms with Crippen molar-refractivity contribution in [2.45, 2.75) is 90.3 Å². The fourth-order valence-electron chi connectivity index (χ4n) is 3.33. The molecule has 0 aromatic carbocycles. The lowest BCUT2D eigenvalue weighted by molar-refractivity contribution is -0.343. The third-order valence-corrected chi connectivity index (χ3v) is 5.15. The molecule has 24 heavy (non-hydrogen) atoms. The fourth-order valence-corrected chi connectivity index (χ4v) is 3.33. The average Bonchev–Trinajstić information content (AvgIpc) is 2.96. The Kier molecular flexibility index (Phi) is 8.71. The maximum Gasteiger partial charge on any atom is 0.328 e. The van der Waals surface area contributed by atoms with E-state index in [1.807, 2.05) is 6.92 Å². The van der Waals surface area contributed by atoms with Crippen LogP contribution in [0.25, 0.3) is 0 Å². The van der Waals surface area contributed by atoms with Crippen LogP contribution in [0.2, 0.25) is 0 Å². The van der Waals surface area contributed by atoms with Crippen molar-refractivity contribution in [2.24, 2.45) is 5.92 Å². The molecule has 1 N–H and O–H groups in total. The minimum Gasteiger partial charge on any atom is -0.478 e. The topological polar surface area (TPSA) is 55.8 Å². The molecule has 1 aliphatic rings. The first-order valence-corrected chi connectivity index (χ1v) is 9.40. The van der Waals surface area contributed by atoms with Crippen LogP contribution in [0.3, 0.4) is 0 Å². The van der Waals surface area contributed by atoms with E-state index in [9.17, 15) is 4.79 Å². The van der Waals surface area contributed by atoms with Crippen molar-refractivity contribution in [3.8, 4) is 0 Å². The van der Waals surface area contributed by atoms with Crippen LogP contribution in [0, 0.1) is 5.92 Å². The molecular weight excluding hydrogens is 304 g/mol. The molecule has 0 saturated carbocycles. The number of aliphatic carboxylic acids is 1. The van der Waals surface area contributed by atoms with Crippen LogP contribution in [-0.4, -0.2) is 22.3 Å². The normalized spacial score (nSPS) is 28.8. The minimum atomic E-state index is -0.950. The number of carboxylic acid groups (broad SMARTS) is 1. The fraction of sp³-hybridized carbons (Fsp3) is 0.750. The van der Waals surface area contributed by atoms with Gasteiger partial charge in [0.15, 0.2) is 0 Å². The number of hydrogen-bond donors (Lipinski definition) is 1. The SMILES string of the molecule is CC/C=C/[C@H](CC)CCC[C@@]1(CC)C[C@](/C=C/C(=O)O)(CC)OO1. The van der Waals surface area contributed by atoms with Gasteiger partial charge < -0.3 is 5.11 Å². The predicted molar refractivity (Wildman–Crippen MR) is 96.7 cm³/mol. The van der Waals surface area contributed by atoms with E-state index < -0.39 is 11.6 Å². The molecule has 4 nitrogen and oxygen atoms in total. The Morgan fingerprint density at radius 2 is 1.96 bits per heavy atom. The Labute approximate surface area is 146 Å². The quantitative estimate of drug-likeness (QED) is 0.310. The molecule has 1 aliphatic heterocycles. The molecule has 0 aliphatic carbocycles. The summed E-state index contributed by atoms with van der Waals surface area (Å²) in [5.74, 6) is -0.321. The molecule has 0 unspecified atom stereocenters. The Bertz CT molecular complexity index is 443. The van der Waals surface area contributed by atoms with Crippen molar-refractivity contribution in [3.63, 3.8) is 0 Å². The zero-order valence-corrected chi connectivity index (χ0v) is 15.7. The molecule has 1 fully saturated rings. The number of carbonyl (C=O) groups is 1. The summed E-state index contributed by atoms with van der Waals surface area (Å²) < 4.78 is 0. The molecule has 138 valence electrons. The lowest BCUT2D eigenvalue weighted by atomic mass is 9.80. The highest BCUT2D eigenvalue weighted by Crippen LogP contribution is 2.44. The molecule has 0 spiro atoms. The molecule has 1 heterocycles. The third-order valence-electron chi connectivity index (χ3n) is 5.15. The monoisotopic (exact) mass is 338 g/mol. The Balaban J connectivity index is 2.64. The second kappa shape index (κ2) is 10.00. The van der Waals surface area contributed by atoms with Gasteiger partial charge in [0.25, 0.3) is 0 Å². The van der Waals surface area contributed by atoms with Gasteiger partial charge in [0.1, 0.15) is 11.2 Å². The second-order valence-corrected chi connectivity index (χ2v) is 6.87. The van der Waals surface area contributed by atoms with Crippen molar-refractivity contribution in [3.05, 3.63) is 24.3 Å². The van der Waals surface area contributed by atoms with E-state index >= 15 is 0 Å². The molecule has 0 aromatic heterocycles. The summed E-state index contributed by atoms with van der Waals surface area (Å²) in [4.78, 5) is 22.2. The summed E-state index contributed by atoms with van der Waals surface area (Å²) in [6.07, 6.45) is 15.1. The van der Waals surface area contributed by atoms with Crippen molar-refractivity contribution in [1.82, 2.24) is 0 Å². The molecule has 0 aromatic rings. The summed E-state index contributed by atoms with van der Waals surface area (Å²) in [5, 5.41) is 8.88. The van der Waals surface area contributed by atoms with Gasteiger partial charge in [-0.15, -0.1) is 0 Å². The maximum absolute atomic E-state index is 10.8. The zero-order chi connectivity index (χ0) is 18.1. The van der Waals surface area contributed by atoms with E-state index in [4.69, 9.17) is 14.9 Å². The lowest BCUT2D eigenvalue weighted by Gasteiger charge is -2.26. The van der Waals surface area contributed by atoms with Crippen molar-refractivity contribution >= 4 is 5.97 Å². The largest absolute Gasteiger partial charge is 0.478 e. The average molecular weight is 338 g/mol. The summed E-state index contributed by atoms with van der Waals surface area (Å²) in [6.45, 7) is 8.51. The van der Waals surface area contributed by atoms with Crippen LogP contribution in [0.4, 0.5) is 0 Å². The summed E-state index contributed by atoms with van der Waals surface area (Å²) in [5.41, 5.74) is -0.910. The number of hydrogen-bond acceptors (Lipinski definition) is 3. The van der Waals surface area contributed by atoms with Crippen LogP contribution < -0.4 is 0 Å². The minimum absolute atomic E-state index is 0.300. The van der Waals surface area contributed by atoms with Crippen molar-refractivity contribution in [1.29, 1.82) is 0 Å². The van der Waals surface area contributed by atoms with E-state index in [2.05, 4.69) is 32.9 Å². The smallest absolute Gasteiger partial charge is 0.328 e. The second-order valence-electron chi connectivity index (χ2n) is 6.87. The highest BCUT2D eigenvalue weighted by molar-refractivity contribution is 5.79. The molecule has 1 saturated heterocycles. The maximum atomic E-state index is 10.8. The van der Waals surface area contributed by atoms with Gasteiger partial charge in [-0.05, 0) is 56.9 Å². The molecule has 1 rings (SSSR count). The van der Waals surface area contributed by atoms with Gasteiger partial charge >= 0.3 is 5.97 Å². The van der Waals surface area contributed by atoms with Gasteiger partial charge in [-0.25, -0.2) is 14.6 Å². The summed E-state index contributed by atoms with van der Waals surface area (Å²) in [6, 6.07) is 0. The van der Waals surface area contributed by atoms with E-state index in [1.165, 1.54) is 6.08 Å². The number of rotatable bonds is 11. The Morgan fingerprint density at radius 3 is 2.50 bits per heavy atom. The van der Waals surface area contributed by atoms with Gasteiger partial charge in [0.05, 0.1) is 0 Å². The van der Waals surface area contributed by atoms with Crippen molar-refractivity contribution in [2.75, 3.05) is 0 Å². The van der Waals surface area contributed by atoms with E-state index in [1.54, 1.807) is 6.08 Å². The molecule has 0 radical (unpaired) electrons. The first kappa shape index (κ1) is 20.9. The van der Waals surface area contributed by atoms with Gasteiger partial charge in [0.2, 0.25) is 0 Å². The summed E-state index contributed by atoms with van der Waals surface area (Å²) in [7, 11) is 0. The standard InChI is InChI=1S/C20H34O4/c1-5-9-11-17(6-2)12-10-14-19(7-3)16-20(8-4,24-23-19)15-13-18(21)22/h9,11,13,15,17H,5-8,10,12,14,16H2,1-4H3,(H,21,22)/b11-9+,15-13+/t17-,19-,20+/m0/s1. The van der Waals surface area contributed by atoms with Gasteiger partial charge in [-0.1, -0.05) is 39.8 Å². The third kappa shape index (κ3) is 6.06. The van der Waals surface area contributed by atoms with E-state index in [0.29, 0.717) is 12.3 Å². The number of carboxylic acids is 1. The molecule has 3 atom stereocenters. The molecule has 4 heteroatoms. The Morgan fingerprint density at radius 1 is 1.21 bits per heavy atom. The van der Waals surface area contributed by atoms with E-state index in [0.717, 1.165) is 44.9 Å². The molecule has 0 amide bonds. The lowest BCUT2D eigenvalue weighted by Crippen LogP contribution is -2.31. The zero-order valence-electron chi connectivity index (χ0n) is 15.7. The Hall–Kier alpha value is -1.13. The predicted octanol–water partition coefficient (Wildman–Crippen LogP) is 5.44. The van der Waals surface area contributed by atoms with Crippen LogP contribution in [0.15, 0.2) is 24.3 Å². The molecule has 0 bridgehead atoms.